The second-order valence-electron chi connectivity index (χ2n) is 5.91. The number of likely N-dealkylation sites (tertiary alicyclic amines) is 2. The Bertz CT molecular complexity index is 267. The number of hydrogen-bond acceptors (Lipinski definition) is 2. The van der Waals surface area contributed by atoms with Crippen LogP contribution in [0, 0.1) is 5.41 Å². The fourth-order valence-electron chi connectivity index (χ4n) is 3.06. The van der Waals surface area contributed by atoms with Gasteiger partial charge in [-0.25, -0.2) is 0 Å². The van der Waals surface area contributed by atoms with E-state index >= 15 is 0 Å². The number of carbonyl (C=O) groups excluding carboxylic acids is 1. The van der Waals surface area contributed by atoms with Crippen molar-refractivity contribution in [2.75, 3.05) is 26.7 Å². The largest absolute Gasteiger partial charge is 0.340 e. The average molecular weight is 224 g/mol. The zero-order chi connectivity index (χ0) is 11.8. The van der Waals surface area contributed by atoms with Gasteiger partial charge in [-0.2, -0.15) is 0 Å². The molecule has 3 nitrogen and oxygen atoms in total. The predicted octanol–water partition coefficient (Wildman–Crippen LogP) is 1.73. The zero-order valence-corrected chi connectivity index (χ0v) is 10.8. The summed E-state index contributed by atoms with van der Waals surface area (Å²) in [4.78, 5) is 16.5. The first-order valence-electron chi connectivity index (χ1n) is 6.50. The molecule has 0 N–H and O–H groups in total. The number of piperidine rings is 2. The van der Waals surface area contributed by atoms with Crippen LogP contribution in [0.25, 0.3) is 0 Å². The molecule has 3 heteroatoms. The molecule has 2 saturated heterocycles. The Morgan fingerprint density at radius 1 is 1.12 bits per heavy atom. The molecule has 0 atom stereocenters. The van der Waals surface area contributed by atoms with Gasteiger partial charge < -0.3 is 9.80 Å². The Hall–Kier alpha value is -0.570. The lowest BCUT2D eigenvalue weighted by atomic mass is 9.71. The van der Waals surface area contributed by atoms with Crippen molar-refractivity contribution < 1.29 is 4.79 Å². The van der Waals surface area contributed by atoms with Crippen molar-refractivity contribution in [2.24, 2.45) is 5.41 Å². The second-order valence-corrected chi connectivity index (χ2v) is 5.91. The number of carbonyl (C=O) groups is 1. The summed E-state index contributed by atoms with van der Waals surface area (Å²) in [6.45, 7) is 7.53. The van der Waals surface area contributed by atoms with Crippen molar-refractivity contribution in [3.8, 4) is 0 Å². The second kappa shape index (κ2) is 4.36. The third-order valence-corrected chi connectivity index (χ3v) is 4.40. The summed E-state index contributed by atoms with van der Waals surface area (Å²) in [7, 11) is 2.18. The van der Waals surface area contributed by atoms with Gasteiger partial charge in [0.2, 0.25) is 5.91 Å². The molecule has 0 radical (unpaired) electrons. The summed E-state index contributed by atoms with van der Waals surface area (Å²) in [5.41, 5.74) is 0.342. The van der Waals surface area contributed by atoms with Crippen LogP contribution >= 0.6 is 0 Å². The van der Waals surface area contributed by atoms with Gasteiger partial charge in [-0.15, -0.1) is 0 Å². The topological polar surface area (TPSA) is 23.6 Å². The molecular weight excluding hydrogens is 200 g/mol. The van der Waals surface area contributed by atoms with E-state index in [1.165, 1.54) is 19.3 Å². The Balaban J connectivity index is 1.99. The molecule has 0 aromatic rings. The molecule has 0 bridgehead atoms. The molecule has 1 spiro atoms. The van der Waals surface area contributed by atoms with Crippen LogP contribution in [0.5, 0.6) is 0 Å². The van der Waals surface area contributed by atoms with Crippen molar-refractivity contribution in [3.05, 3.63) is 0 Å². The monoisotopic (exact) mass is 224 g/mol. The van der Waals surface area contributed by atoms with Crippen LogP contribution < -0.4 is 0 Å². The van der Waals surface area contributed by atoms with E-state index in [-0.39, 0.29) is 0 Å². The summed E-state index contributed by atoms with van der Waals surface area (Å²) in [5, 5.41) is 0. The molecule has 0 unspecified atom stereocenters. The number of amides is 1. The van der Waals surface area contributed by atoms with Gasteiger partial charge in [0.25, 0.3) is 0 Å². The maximum atomic E-state index is 12.1. The Labute approximate surface area is 98.8 Å². The van der Waals surface area contributed by atoms with Gasteiger partial charge in [0.15, 0.2) is 0 Å². The first kappa shape index (κ1) is 11.9. The van der Waals surface area contributed by atoms with Crippen LogP contribution in [-0.4, -0.2) is 48.4 Å². The van der Waals surface area contributed by atoms with Crippen molar-refractivity contribution in [1.82, 2.24) is 9.80 Å². The molecule has 0 aliphatic carbocycles. The molecule has 0 aromatic heterocycles. The normalized spacial score (nSPS) is 26.8. The molecule has 1 amide bonds. The molecule has 2 rings (SSSR count). The van der Waals surface area contributed by atoms with Crippen LogP contribution in [0.2, 0.25) is 0 Å². The van der Waals surface area contributed by atoms with E-state index in [4.69, 9.17) is 0 Å². The highest BCUT2D eigenvalue weighted by Gasteiger charge is 2.40. The summed E-state index contributed by atoms with van der Waals surface area (Å²) in [6.07, 6.45) is 4.42. The molecule has 0 saturated carbocycles. The van der Waals surface area contributed by atoms with Gasteiger partial charge in [0, 0.05) is 19.0 Å². The van der Waals surface area contributed by atoms with Gasteiger partial charge in [-0.3, -0.25) is 4.79 Å². The third kappa shape index (κ3) is 2.24. The Morgan fingerprint density at radius 3 is 2.19 bits per heavy atom. The lowest BCUT2D eigenvalue weighted by Crippen LogP contribution is -2.50. The van der Waals surface area contributed by atoms with Gasteiger partial charge in [0.05, 0.1) is 0 Å². The fraction of sp³-hybridized carbons (Fsp3) is 0.923. The molecule has 2 fully saturated rings. The van der Waals surface area contributed by atoms with E-state index in [0.717, 1.165) is 26.1 Å². The van der Waals surface area contributed by atoms with Crippen molar-refractivity contribution in [1.29, 1.82) is 0 Å². The third-order valence-electron chi connectivity index (χ3n) is 4.40. The highest BCUT2D eigenvalue weighted by Crippen LogP contribution is 2.41. The lowest BCUT2D eigenvalue weighted by Gasteiger charge is -2.46. The van der Waals surface area contributed by atoms with Gasteiger partial charge in [-0.05, 0) is 58.7 Å². The Kier molecular flexibility index (Phi) is 3.24. The van der Waals surface area contributed by atoms with Gasteiger partial charge >= 0.3 is 0 Å². The van der Waals surface area contributed by atoms with Crippen LogP contribution in [0.4, 0.5) is 0 Å². The first-order valence-corrected chi connectivity index (χ1v) is 6.50. The maximum absolute atomic E-state index is 12.1. The van der Waals surface area contributed by atoms with Crippen LogP contribution in [0.3, 0.4) is 0 Å². The smallest absolute Gasteiger partial charge is 0.223 e. The van der Waals surface area contributed by atoms with Gasteiger partial charge in [-0.1, -0.05) is 0 Å². The quantitative estimate of drug-likeness (QED) is 0.677. The summed E-state index contributed by atoms with van der Waals surface area (Å²) < 4.78 is 0. The highest BCUT2D eigenvalue weighted by molar-refractivity contribution is 5.78. The summed E-state index contributed by atoms with van der Waals surface area (Å²) >= 11 is 0. The minimum absolute atomic E-state index is 0.342. The standard InChI is InChI=1S/C13H24N2O/c1-11(2)15-9-6-13(10-12(15)16)4-7-14(3)8-5-13/h11H,4-10H2,1-3H3. The fourth-order valence-corrected chi connectivity index (χ4v) is 3.06. The van der Waals surface area contributed by atoms with Crippen molar-refractivity contribution in [3.63, 3.8) is 0 Å². The van der Waals surface area contributed by atoms with E-state index in [1.54, 1.807) is 0 Å². The molecule has 0 aromatic carbocycles. The van der Waals surface area contributed by atoms with Gasteiger partial charge in [0.1, 0.15) is 0 Å². The SMILES string of the molecule is CC(C)N1CCC2(CCN(C)CC2)CC1=O. The lowest BCUT2D eigenvalue weighted by molar-refractivity contribution is -0.141. The highest BCUT2D eigenvalue weighted by atomic mass is 16.2. The first-order chi connectivity index (χ1) is 7.52. The summed E-state index contributed by atoms with van der Waals surface area (Å²) in [5.74, 6) is 0.380. The van der Waals surface area contributed by atoms with Crippen molar-refractivity contribution in [2.45, 2.75) is 45.6 Å². The van der Waals surface area contributed by atoms with E-state index in [1.807, 2.05) is 4.90 Å². The van der Waals surface area contributed by atoms with Crippen LogP contribution in [0.15, 0.2) is 0 Å². The number of nitrogens with zero attached hydrogens (tertiary/aromatic N) is 2. The molecular formula is C13H24N2O. The minimum Gasteiger partial charge on any atom is -0.340 e. The number of rotatable bonds is 1. The molecule has 2 aliphatic heterocycles. The maximum Gasteiger partial charge on any atom is 0.223 e. The van der Waals surface area contributed by atoms with E-state index in [2.05, 4.69) is 25.8 Å². The van der Waals surface area contributed by atoms with E-state index in [0.29, 0.717) is 17.4 Å². The van der Waals surface area contributed by atoms with Crippen LogP contribution in [0.1, 0.15) is 39.5 Å². The summed E-state index contributed by atoms with van der Waals surface area (Å²) in [6, 6.07) is 0.371. The zero-order valence-electron chi connectivity index (χ0n) is 10.8. The van der Waals surface area contributed by atoms with Crippen LogP contribution in [-0.2, 0) is 4.79 Å². The number of hydrogen-bond donors (Lipinski definition) is 0. The van der Waals surface area contributed by atoms with Crippen molar-refractivity contribution >= 4 is 5.91 Å². The Morgan fingerprint density at radius 2 is 1.69 bits per heavy atom. The van der Waals surface area contributed by atoms with E-state index in [9.17, 15) is 4.79 Å². The molecule has 2 aliphatic rings. The molecule has 92 valence electrons. The average Bonchev–Trinajstić information content (AvgIpc) is 2.22. The van der Waals surface area contributed by atoms with E-state index < -0.39 is 0 Å². The minimum atomic E-state index is 0.342. The molecule has 16 heavy (non-hydrogen) atoms. The predicted molar refractivity (Wildman–Crippen MR) is 65.2 cm³/mol. The molecule has 2 heterocycles.